The molecule has 0 spiro atoms. The van der Waals surface area contributed by atoms with Crippen molar-refractivity contribution < 1.29 is 13.9 Å². The standard InChI is InChI=1S/C13H17N3O4S/c1-15(11-5-7-21(20)8-6-11)13(17)14-10-3-2-4-12(9-10)16(18)19/h2-4,9,11H,5-8H2,1H3,(H,14,17). The van der Waals surface area contributed by atoms with Crippen molar-refractivity contribution in [1.82, 2.24) is 4.90 Å². The van der Waals surface area contributed by atoms with Crippen LogP contribution >= 0.6 is 0 Å². The number of nitro benzene ring substituents is 1. The lowest BCUT2D eigenvalue weighted by atomic mass is 10.1. The van der Waals surface area contributed by atoms with Crippen LogP contribution in [0.15, 0.2) is 24.3 Å². The van der Waals surface area contributed by atoms with Gasteiger partial charge in [-0.05, 0) is 18.9 Å². The first-order valence-corrected chi connectivity index (χ1v) is 8.09. The molecule has 1 N–H and O–H groups in total. The van der Waals surface area contributed by atoms with Crippen LogP contribution in [0.2, 0.25) is 0 Å². The van der Waals surface area contributed by atoms with Crippen LogP contribution in [0, 0.1) is 10.1 Å². The summed E-state index contributed by atoms with van der Waals surface area (Å²) in [7, 11) is 0.916. The zero-order valence-electron chi connectivity index (χ0n) is 11.7. The Labute approximate surface area is 124 Å². The number of carbonyl (C=O) groups is 1. The molecule has 7 nitrogen and oxygen atoms in total. The average molecular weight is 311 g/mol. The molecule has 0 saturated carbocycles. The SMILES string of the molecule is CN(C(=O)Nc1cccc([N+](=O)[O-])c1)C1CCS(=O)CC1. The minimum Gasteiger partial charge on any atom is -0.325 e. The molecule has 21 heavy (non-hydrogen) atoms. The maximum atomic E-state index is 12.1. The third-order valence-electron chi connectivity index (χ3n) is 3.53. The summed E-state index contributed by atoms with van der Waals surface area (Å²) < 4.78 is 11.3. The van der Waals surface area contributed by atoms with Crippen LogP contribution in [0.25, 0.3) is 0 Å². The number of hydrogen-bond acceptors (Lipinski definition) is 4. The van der Waals surface area contributed by atoms with Crippen LogP contribution in [-0.4, -0.2) is 44.7 Å². The Bertz CT molecular complexity index is 568. The van der Waals surface area contributed by atoms with Crippen LogP contribution in [0.5, 0.6) is 0 Å². The summed E-state index contributed by atoms with van der Waals surface area (Å²) in [6.45, 7) is 0. The highest BCUT2D eigenvalue weighted by Gasteiger charge is 2.24. The molecule has 1 aromatic carbocycles. The van der Waals surface area contributed by atoms with Crippen molar-refractivity contribution >= 4 is 28.2 Å². The quantitative estimate of drug-likeness (QED) is 0.682. The predicted molar refractivity (Wildman–Crippen MR) is 80.8 cm³/mol. The molecular weight excluding hydrogens is 294 g/mol. The highest BCUT2D eigenvalue weighted by molar-refractivity contribution is 7.85. The van der Waals surface area contributed by atoms with E-state index in [4.69, 9.17) is 0 Å². The number of carbonyl (C=O) groups excluding carboxylic acids is 1. The molecular formula is C13H17N3O4S. The molecule has 0 bridgehead atoms. The summed E-state index contributed by atoms with van der Waals surface area (Å²) in [4.78, 5) is 23.9. The molecule has 2 amide bonds. The number of hydrogen-bond donors (Lipinski definition) is 1. The van der Waals surface area contributed by atoms with Gasteiger partial charge in [0.25, 0.3) is 5.69 Å². The fraction of sp³-hybridized carbons (Fsp3) is 0.462. The largest absolute Gasteiger partial charge is 0.325 e. The molecule has 0 aromatic heterocycles. The van der Waals surface area contributed by atoms with Gasteiger partial charge in [-0.3, -0.25) is 14.3 Å². The number of urea groups is 1. The van der Waals surface area contributed by atoms with Gasteiger partial charge >= 0.3 is 6.03 Å². The van der Waals surface area contributed by atoms with Gasteiger partial charge in [0.2, 0.25) is 0 Å². The molecule has 1 aliphatic rings. The van der Waals surface area contributed by atoms with Gasteiger partial charge in [0.15, 0.2) is 0 Å². The van der Waals surface area contributed by atoms with Gasteiger partial charge in [-0.15, -0.1) is 0 Å². The lowest BCUT2D eigenvalue weighted by Gasteiger charge is -2.30. The van der Waals surface area contributed by atoms with Gasteiger partial charge < -0.3 is 10.2 Å². The second-order valence-electron chi connectivity index (χ2n) is 4.93. The third kappa shape index (κ3) is 4.01. The van der Waals surface area contributed by atoms with Crippen LogP contribution < -0.4 is 5.32 Å². The molecule has 0 atom stereocenters. The summed E-state index contributed by atoms with van der Waals surface area (Å²) >= 11 is 0. The molecule has 1 fully saturated rings. The second kappa shape index (κ2) is 6.66. The highest BCUT2D eigenvalue weighted by atomic mass is 32.2. The van der Waals surface area contributed by atoms with E-state index in [1.165, 1.54) is 18.2 Å². The zero-order chi connectivity index (χ0) is 15.4. The molecule has 1 heterocycles. The highest BCUT2D eigenvalue weighted by Crippen LogP contribution is 2.19. The maximum absolute atomic E-state index is 12.1. The zero-order valence-corrected chi connectivity index (χ0v) is 12.5. The first-order chi connectivity index (χ1) is 9.97. The molecule has 1 aromatic rings. The van der Waals surface area contributed by atoms with E-state index in [1.54, 1.807) is 18.0 Å². The monoisotopic (exact) mass is 311 g/mol. The lowest BCUT2D eigenvalue weighted by molar-refractivity contribution is -0.384. The van der Waals surface area contributed by atoms with E-state index in [1.807, 2.05) is 0 Å². The Balaban J connectivity index is 1.99. The minimum atomic E-state index is -0.770. The number of nitrogens with zero attached hydrogens (tertiary/aromatic N) is 2. The van der Waals surface area contributed by atoms with E-state index in [0.29, 0.717) is 30.0 Å². The van der Waals surface area contributed by atoms with Crippen molar-refractivity contribution in [1.29, 1.82) is 0 Å². The van der Waals surface area contributed by atoms with Crippen molar-refractivity contribution in [3.63, 3.8) is 0 Å². The molecule has 0 unspecified atom stereocenters. The summed E-state index contributed by atoms with van der Waals surface area (Å²) in [5, 5.41) is 13.4. The number of nitro groups is 1. The van der Waals surface area contributed by atoms with Crippen LogP contribution in [0.3, 0.4) is 0 Å². The van der Waals surface area contributed by atoms with Crippen LogP contribution in [0.4, 0.5) is 16.2 Å². The van der Waals surface area contributed by atoms with Crippen molar-refractivity contribution in [2.75, 3.05) is 23.9 Å². The topological polar surface area (TPSA) is 92.6 Å². The second-order valence-corrected chi connectivity index (χ2v) is 6.62. The number of nitrogens with one attached hydrogen (secondary N) is 1. The third-order valence-corrected chi connectivity index (χ3v) is 4.92. The number of non-ortho nitro benzene ring substituents is 1. The van der Waals surface area contributed by atoms with E-state index < -0.39 is 15.7 Å². The fourth-order valence-electron chi connectivity index (χ4n) is 2.24. The average Bonchev–Trinajstić information content (AvgIpc) is 2.47. The number of rotatable bonds is 3. The van der Waals surface area contributed by atoms with Crippen molar-refractivity contribution in [3.05, 3.63) is 34.4 Å². The van der Waals surface area contributed by atoms with E-state index in [9.17, 15) is 19.1 Å². The summed E-state index contributed by atoms with van der Waals surface area (Å²) in [6.07, 6.45) is 1.43. The Kier molecular flexibility index (Phi) is 4.89. The maximum Gasteiger partial charge on any atom is 0.321 e. The van der Waals surface area contributed by atoms with Gasteiger partial charge in [0, 0.05) is 53.2 Å². The Hall–Kier alpha value is -1.96. The minimum absolute atomic E-state index is 0.0569. The van der Waals surface area contributed by atoms with E-state index in [0.717, 1.165) is 0 Å². The normalized spacial score (nSPS) is 21.6. The number of benzene rings is 1. The van der Waals surface area contributed by atoms with Gasteiger partial charge in [0.1, 0.15) is 0 Å². The molecule has 0 aliphatic carbocycles. The Morgan fingerprint density at radius 3 is 2.71 bits per heavy atom. The molecule has 1 aliphatic heterocycles. The van der Waals surface area contributed by atoms with Crippen LogP contribution in [0.1, 0.15) is 12.8 Å². The molecule has 2 rings (SSSR count). The predicted octanol–water partition coefficient (Wildman–Crippen LogP) is 1.97. The molecule has 114 valence electrons. The van der Waals surface area contributed by atoms with E-state index >= 15 is 0 Å². The Morgan fingerprint density at radius 1 is 1.43 bits per heavy atom. The number of amides is 2. The summed E-state index contributed by atoms with van der Waals surface area (Å²) in [6, 6.07) is 5.57. The van der Waals surface area contributed by atoms with Crippen molar-refractivity contribution in [2.45, 2.75) is 18.9 Å². The fourth-order valence-corrected chi connectivity index (χ4v) is 3.52. The molecule has 1 saturated heterocycles. The lowest BCUT2D eigenvalue weighted by Crippen LogP contribution is -2.43. The van der Waals surface area contributed by atoms with Crippen LogP contribution in [-0.2, 0) is 10.8 Å². The van der Waals surface area contributed by atoms with E-state index in [-0.39, 0.29) is 17.8 Å². The molecule has 0 radical (unpaired) electrons. The molecule has 8 heteroatoms. The van der Waals surface area contributed by atoms with Crippen molar-refractivity contribution in [3.8, 4) is 0 Å². The number of anilines is 1. The van der Waals surface area contributed by atoms with E-state index in [2.05, 4.69) is 5.32 Å². The van der Waals surface area contributed by atoms with Gasteiger partial charge in [0.05, 0.1) is 4.92 Å². The first-order valence-electron chi connectivity index (χ1n) is 6.60. The van der Waals surface area contributed by atoms with Gasteiger partial charge in [-0.2, -0.15) is 0 Å². The smallest absolute Gasteiger partial charge is 0.321 e. The van der Waals surface area contributed by atoms with Gasteiger partial charge in [-0.25, -0.2) is 4.79 Å². The summed E-state index contributed by atoms with van der Waals surface area (Å²) in [5.74, 6) is 1.22. The first kappa shape index (κ1) is 15.4. The Morgan fingerprint density at radius 2 is 2.10 bits per heavy atom. The van der Waals surface area contributed by atoms with Crippen molar-refractivity contribution in [2.24, 2.45) is 0 Å². The summed E-state index contributed by atoms with van der Waals surface area (Å²) in [5.41, 5.74) is 0.323. The van der Waals surface area contributed by atoms with Gasteiger partial charge in [-0.1, -0.05) is 6.07 Å².